The highest BCUT2D eigenvalue weighted by molar-refractivity contribution is 6.69. The van der Waals surface area contributed by atoms with Gasteiger partial charge in [-0.05, 0) is 48.3 Å². The van der Waals surface area contributed by atoms with Gasteiger partial charge >= 0.3 is 6.09 Å². The van der Waals surface area contributed by atoms with Crippen LogP contribution in [0.5, 0.6) is 0 Å². The van der Waals surface area contributed by atoms with Gasteiger partial charge in [0.1, 0.15) is 6.61 Å². The summed E-state index contributed by atoms with van der Waals surface area (Å²) in [5, 5.41) is 2.81. The van der Waals surface area contributed by atoms with Gasteiger partial charge in [-0.2, -0.15) is 0 Å². The zero-order valence-electron chi connectivity index (χ0n) is 32.2. The molecular formula is C39H63NO12Si. The molecule has 0 saturated carbocycles. The van der Waals surface area contributed by atoms with E-state index in [0.29, 0.717) is 145 Å². The number of rotatable bonds is 34. The third kappa shape index (κ3) is 21.3. The molecule has 0 heterocycles. The number of hydrogen-bond donors (Lipinski definition) is 1. The van der Waals surface area contributed by atoms with Crippen molar-refractivity contribution in [2.24, 2.45) is 0 Å². The minimum Gasteiger partial charge on any atom is -0.449 e. The van der Waals surface area contributed by atoms with Gasteiger partial charge in [0.15, 0.2) is 8.32 Å². The van der Waals surface area contributed by atoms with Crippen molar-refractivity contribution >= 4 is 14.4 Å². The molecule has 0 aromatic heterocycles. The molecule has 2 aromatic rings. The third-order valence-electron chi connectivity index (χ3n) is 7.82. The SMILES string of the molecule is C[Si](C)(C)OCCOCCOCCOCCOCCOCCOCCOCCOCCOCCCNC(=O)OCC1c2ccccc2-c2ccccc21. The molecule has 0 saturated heterocycles. The predicted octanol–water partition coefficient (Wildman–Crippen LogP) is 4.92. The fourth-order valence-electron chi connectivity index (χ4n) is 5.28. The maximum atomic E-state index is 12.3. The van der Waals surface area contributed by atoms with Crippen molar-refractivity contribution in [2.45, 2.75) is 32.0 Å². The second-order valence-corrected chi connectivity index (χ2v) is 17.6. The summed E-state index contributed by atoms with van der Waals surface area (Å²) in [6.45, 7) is 17.2. The van der Waals surface area contributed by atoms with E-state index in [1.165, 1.54) is 22.3 Å². The average molecular weight is 766 g/mol. The summed E-state index contributed by atoms with van der Waals surface area (Å²) in [5.74, 6) is 0.0513. The highest BCUT2D eigenvalue weighted by atomic mass is 28.4. The first-order valence-corrected chi connectivity index (χ1v) is 22.3. The Balaban J connectivity index is 0.957. The van der Waals surface area contributed by atoms with Crippen LogP contribution in [0.2, 0.25) is 19.6 Å². The largest absolute Gasteiger partial charge is 0.449 e. The summed E-state index contributed by atoms with van der Waals surface area (Å²) in [4.78, 5) is 12.3. The standard InChI is InChI=1S/C39H63NO12Si/c1-53(2,3)52-32-31-50-30-29-49-28-27-48-26-25-47-24-23-46-22-21-45-20-19-44-18-17-43-16-15-42-14-8-13-40-39(41)51-33-38-36-11-6-4-9-34(36)35-10-5-7-12-37(35)38/h4-7,9-12,38H,8,13-33H2,1-3H3,(H,40,41). The average Bonchev–Trinajstić information content (AvgIpc) is 3.47. The van der Waals surface area contributed by atoms with Crippen LogP contribution < -0.4 is 5.32 Å². The molecule has 1 amide bonds. The molecule has 14 heteroatoms. The molecule has 2 aromatic carbocycles. The zero-order chi connectivity index (χ0) is 37.7. The predicted molar refractivity (Wildman–Crippen MR) is 204 cm³/mol. The molecule has 0 spiro atoms. The van der Waals surface area contributed by atoms with E-state index in [2.05, 4.69) is 49.2 Å². The highest BCUT2D eigenvalue weighted by Gasteiger charge is 2.29. The van der Waals surface area contributed by atoms with Crippen molar-refractivity contribution in [2.75, 3.05) is 139 Å². The number of carbonyl (C=O) groups is 1. The number of hydrogen-bond acceptors (Lipinski definition) is 12. The topological polar surface area (TPSA) is 131 Å². The van der Waals surface area contributed by atoms with Crippen LogP contribution in [-0.4, -0.2) is 153 Å². The molecule has 0 unspecified atom stereocenters. The van der Waals surface area contributed by atoms with Gasteiger partial charge in [-0.1, -0.05) is 48.5 Å². The van der Waals surface area contributed by atoms with Crippen LogP contribution in [0.4, 0.5) is 4.79 Å². The summed E-state index contributed by atoms with van der Waals surface area (Å²) in [7, 11) is -1.46. The smallest absolute Gasteiger partial charge is 0.407 e. The van der Waals surface area contributed by atoms with Crippen LogP contribution in [-0.2, 0) is 51.8 Å². The van der Waals surface area contributed by atoms with Gasteiger partial charge in [-0.25, -0.2) is 4.79 Å². The van der Waals surface area contributed by atoms with Crippen molar-refractivity contribution in [1.29, 1.82) is 0 Å². The molecule has 1 aliphatic rings. The molecule has 3 rings (SSSR count). The number of alkyl carbamates (subject to hydrolysis) is 1. The molecular weight excluding hydrogens is 703 g/mol. The number of fused-ring (bicyclic) bond motifs is 3. The van der Waals surface area contributed by atoms with Crippen molar-refractivity contribution in [3.8, 4) is 11.1 Å². The van der Waals surface area contributed by atoms with E-state index in [0.717, 1.165) is 0 Å². The molecule has 0 atom stereocenters. The summed E-state index contributed by atoms with van der Waals surface area (Å²) in [6.07, 6.45) is 0.274. The summed E-state index contributed by atoms with van der Waals surface area (Å²) in [6, 6.07) is 16.6. The van der Waals surface area contributed by atoms with Crippen LogP contribution >= 0.6 is 0 Å². The molecule has 0 aliphatic heterocycles. The van der Waals surface area contributed by atoms with E-state index in [9.17, 15) is 4.79 Å². The van der Waals surface area contributed by atoms with Crippen LogP contribution in [0.1, 0.15) is 23.5 Å². The van der Waals surface area contributed by atoms with Gasteiger partial charge in [0.2, 0.25) is 0 Å². The third-order valence-corrected chi connectivity index (χ3v) is 8.89. The lowest BCUT2D eigenvalue weighted by Gasteiger charge is -2.16. The number of carbonyl (C=O) groups excluding carboxylic acids is 1. The second kappa shape index (κ2) is 28.9. The monoisotopic (exact) mass is 765 g/mol. The Bertz CT molecular complexity index is 1170. The fraction of sp³-hybridized carbons (Fsp3) is 0.667. The van der Waals surface area contributed by atoms with E-state index in [4.69, 9.17) is 51.8 Å². The van der Waals surface area contributed by atoms with Crippen LogP contribution in [0, 0.1) is 0 Å². The number of nitrogens with one attached hydrogen (secondary N) is 1. The summed E-state index contributed by atoms with van der Waals surface area (Å²) >= 11 is 0. The Morgan fingerprint density at radius 3 is 1.23 bits per heavy atom. The van der Waals surface area contributed by atoms with E-state index < -0.39 is 14.4 Å². The molecule has 1 N–H and O–H groups in total. The van der Waals surface area contributed by atoms with Gasteiger partial charge in [0, 0.05) is 19.1 Å². The van der Waals surface area contributed by atoms with Crippen molar-refractivity contribution in [3.63, 3.8) is 0 Å². The lowest BCUT2D eigenvalue weighted by atomic mass is 9.98. The van der Waals surface area contributed by atoms with Crippen LogP contribution in [0.25, 0.3) is 11.1 Å². The highest BCUT2D eigenvalue weighted by Crippen LogP contribution is 2.44. The van der Waals surface area contributed by atoms with Gasteiger partial charge in [0.05, 0.1) is 119 Å². The minimum absolute atomic E-state index is 0.0513. The Morgan fingerprint density at radius 2 is 0.849 bits per heavy atom. The van der Waals surface area contributed by atoms with E-state index in [-0.39, 0.29) is 5.92 Å². The first-order chi connectivity index (χ1) is 26.0. The van der Waals surface area contributed by atoms with Crippen molar-refractivity contribution in [3.05, 3.63) is 59.7 Å². The number of benzene rings is 2. The normalized spacial score (nSPS) is 12.6. The van der Waals surface area contributed by atoms with Gasteiger partial charge in [-0.15, -0.1) is 0 Å². The quantitative estimate of drug-likeness (QED) is 0.0768. The Kier molecular flexibility index (Phi) is 24.5. The second-order valence-electron chi connectivity index (χ2n) is 13.1. The van der Waals surface area contributed by atoms with Crippen LogP contribution in [0.15, 0.2) is 48.5 Å². The zero-order valence-corrected chi connectivity index (χ0v) is 33.2. The first-order valence-electron chi connectivity index (χ1n) is 18.9. The van der Waals surface area contributed by atoms with Gasteiger partial charge < -0.3 is 57.1 Å². The Hall–Kier alpha value is -2.47. The van der Waals surface area contributed by atoms with Crippen molar-refractivity contribution < 1.29 is 56.6 Å². The summed E-state index contributed by atoms with van der Waals surface area (Å²) < 4.78 is 60.9. The van der Waals surface area contributed by atoms with E-state index >= 15 is 0 Å². The van der Waals surface area contributed by atoms with E-state index in [1.54, 1.807) is 0 Å². The molecule has 13 nitrogen and oxygen atoms in total. The lowest BCUT2D eigenvalue weighted by molar-refractivity contribution is -0.0254. The Labute approximate surface area is 317 Å². The van der Waals surface area contributed by atoms with Crippen LogP contribution in [0.3, 0.4) is 0 Å². The van der Waals surface area contributed by atoms with Gasteiger partial charge in [-0.3, -0.25) is 0 Å². The molecule has 1 aliphatic carbocycles. The Morgan fingerprint density at radius 1 is 0.509 bits per heavy atom. The molecule has 53 heavy (non-hydrogen) atoms. The molecule has 0 bridgehead atoms. The molecule has 0 radical (unpaired) electrons. The molecule has 300 valence electrons. The minimum atomic E-state index is -1.46. The maximum absolute atomic E-state index is 12.3. The van der Waals surface area contributed by atoms with Crippen molar-refractivity contribution in [1.82, 2.24) is 5.32 Å². The first kappa shape index (κ1) is 44.9. The van der Waals surface area contributed by atoms with Gasteiger partial charge in [0.25, 0.3) is 0 Å². The number of ether oxygens (including phenoxy) is 10. The maximum Gasteiger partial charge on any atom is 0.407 e. The van der Waals surface area contributed by atoms with E-state index in [1.807, 2.05) is 24.3 Å². The number of amides is 1. The molecule has 0 fully saturated rings. The summed E-state index contributed by atoms with van der Waals surface area (Å²) in [5.41, 5.74) is 4.81. The fourth-order valence-corrected chi connectivity index (χ4v) is 5.98. The lowest BCUT2D eigenvalue weighted by Crippen LogP contribution is -2.27.